The number of nitriles is 1. The van der Waals surface area contributed by atoms with E-state index in [-0.39, 0.29) is 11.4 Å². The standard InChI is InChI=1S/C16H25N3O2S/c17-11-15(3-1-2-4-15)14(20)18-12-16(5-10-22-13-16)19-6-8-21-9-7-19/h1-10,12-13H2,(H,18,20)/t16-/m0/s1. The van der Waals surface area contributed by atoms with Gasteiger partial charge in [0, 0.05) is 30.9 Å². The van der Waals surface area contributed by atoms with Crippen LogP contribution in [-0.4, -0.2) is 60.7 Å². The summed E-state index contributed by atoms with van der Waals surface area (Å²) >= 11 is 1.96. The number of ether oxygens (including phenoxy) is 1. The maximum absolute atomic E-state index is 12.6. The molecule has 3 aliphatic rings. The Bertz CT molecular complexity index is 445. The molecule has 22 heavy (non-hydrogen) atoms. The van der Waals surface area contributed by atoms with E-state index >= 15 is 0 Å². The van der Waals surface area contributed by atoms with Crippen LogP contribution in [-0.2, 0) is 9.53 Å². The third-order valence-electron chi connectivity index (χ3n) is 5.45. The van der Waals surface area contributed by atoms with Crippen molar-refractivity contribution in [3.05, 3.63) is 0 Å². The van der Waals surface area contributed by atoms with Gasteiger partial charge in [-0.3, -0.25) is 9.69 Å². The lowest BCUT2D eigenvalue weighted by atomic mass is 9.86. The number of nitrogens with zero attached hydrogens (tertiary/aromatic N) is 2. The highest BCUT2D eigenvalue weighted by molar-refractivity contribution is 7.99. The van der Waals surface area contributed by atoms with Gasteiger partial charge in [0.1, 0.15) is 5.41 Å². The van der Waals surface area contributed by atoms with Crippen molar-refractivity contribution in [2.45, 2.75) is 37.6 Å². The molecule has 2 heterocycles. The first-order chi connectivity index (χ1) is 10.7. The highest BCUT2D eigenvalue weighted by atomic mass is 32.2. The molecule has 122 valence electrons. The predicted octanol–water partition coefficient (Wildman–Crippen LogP) is 1.39. The summed E-state index contributed by atoms with van der Waals surface area (Å²) in [5.74, 6) is 2.17. The van der Waals surface area contributed by atoms with E-state index in [1.54, 1.807) is 0 Å². The van der Waals surface area contributed by atoms with Gasteiger partial charge in [0.25, 0.3) is 0 Å². The largest absolute Gasteiger partial charge is 0.379 e. The molecule has 1 atom stereocenters. The number of carbonyl (C=O) groups excluding carboxylic acids is 1. The molecule has 0 aromatic heterocycles. The number of hydrogen-bond donors (Lipinski definition) is 1. The Hall–Kier alpha value is -0.770. The van der Waals surface area contributed by atoms with Gasteiger partial charge in [-0.25, -0.2) is 0 Å². The Morgan fingerprint density at radius 3 is 2.59 bits per heavy atom. The van der Waals surface area contributed by atoms with Crippen molar-refractivity contribution in [2.75, 3.05) is 44.4 Å². The van der Waals surface area contributed by atoms with E-state index in [9.17, 15) is 10.1 Å². The van der Waals surface area contributed by atoms with Crippen molar-refractivity contribution in [1.82, 2.24) is 10.2 Å². The first-order valence-electron chi connectivity index (χ1n) is 8.31. The fourth-order valence-electron chi connectivity index (χ4n) is 3.92. The molecule has 5 nitrogen and oxygen atoms in total. The minimum Gasteiger partial charge on any atom is -0.379 e. The summed E-state index contributed by atoms with van der Waals surface area (Å²) in [6.07, 6.45) is 4.53. The van der Waals surface area contributed by atoms with Crippen molar-refractivity contribution in [2.24, 2.45) is 5.41 Å². The van der Waals surface area contributed by atoms with Gasteiger partial charge in [-0.2, -0.15) is 17.0 Å². The van der Waals surface area contributed by atoms with Crippen molar-refractivity contribution in [3.63, 3.8) is 0 Å². The maximum atomic E-state index is 12.6. The molecule has 3 fully saturated rings. The number of carbonyl (C=O) groups is 1. The molecule has 0 aromatic carbocycles. The van der Waals surface area contributed by atoms with Crippen LogP contribution in [0.2, 0.25) is 0 Å². The minimum atomic E-state index is -0.766. The fourth-order valence-corrected chi connectivity index (χ4v) is 5.39. The second kappa shape index (κ2) is 6.77. The molecular weight excluding hydrogens is 298 g/mol. The number of thioether (sulfide) groups is 1. The average molecular weight is 323 g/mol. The van der Waals surface area contributed by atoms with Gasteiger partial charge in [0.2, 0.25) is 5.91 Å². The summed E-state index contributed by atoms with van der Waals surface area (Å²) in [6, 6.07) is 2.29. The summed E-state index contributed by atoms with van der Waals surface area (Å²) in [6.45, 7) is 4.12. The first-order valence-corrected chi connectivity index (χ1v) is 9.46. The quantitative estimate of drug-likeness (QED) is 0.847. The van der Waals surface area contributed by atoms with Crippen molar-refractivity contribution >= 4 is 17.7 Å². The van der Waals surface area contributed by atoms with Crippen molar-refractivity contribution in [1.29, 1.82) is 5.26 Å². The molecule has 1 amide bonds. The van der Waals surface area contributed by atoms with E-state index in [1.807, 2.05) is 11.8 Å². The van der Waals surface area contributed by atoms with Crippen molar-refractivity contribution in [3.8, 4) is 6.07 Å². The number of nitrogens with one attached hydrogen (secondary N) is 1. The Kier molecular flexibility index (Phi) is 4.96. The molecule has 1 saturated carbocycles. The van der Waals surface area contributed by atoms with Crippen LogP contribution in [0.3, 0.4) is 0 Å². The molecule has 1 N–H and O–H groups in total. The zero-order valence-electron chi connectivity index (χ0n) is 13.1. The van der Waals surface area contributed by atoms with Crippen LogP contribution >= 0.6 is 11.8 Å². The van der Waals surface area contributed by atoms with Gasteiger partial charge in [0.05, 0.1) is 19.3 Å². The van der Waals surface area contributed by atoms with Crippen molar-refractivity contribution < 1.29 is 9.53 Å². The lowest BCUT2D eigenvalue weighted by Crippen LogP contribution is -2.60. The van der Waals surface area contributed by atoms with Gasteiger partial charge in [-0.15, -0.1) is 0 Å². The number of morpholine rings is 1. The summed E-state index contributed by atoms with van der Waals surface area (Å²) in [5, 5.41) is 12.6. The second-order valence-electron chi connectivity index (χ2n) is 6.71. The summed E-state index contributed by atoms with van der Waals surface area (Å²) in [4.78, 5) is 15.1. The zero-order valence-corrected chi connectivity index (χ0v) is 13.9. The Labute approximate surface area is 136 Å². The van der Waals surface area contributed by atoms with Gasteiger partial charge in [0.15, 0.2) is 0 Å². The van der Waals surface area contributed by atoms with Crippen LogP contribution in [0.4, 0.5) is 0 Å². The van der Waals surface area contributed by atoms with Crippen LogP contribution < -0.4 is 5.32 Å². The molecule has 6 heteroatoms. The predicted molar refractivity (Wildman–Crippen MR) is 86.6 cm³/mol. The summed E-state index contributed by atoms with van der Waals surface area (Å²) in [5.41, 5.74) is -0.711. The van der Waals surface area contributed by atoms with E-state index in [1.165, 1.54) is 0 Å². The monoisotopic (exact) mass is 323 g/mol. The SMILES string of the molecule is N#CC1(C(=O)NC[C@@]2(N3CCOCC3)CCSC2)CCCC1. The zero-order chi connectivity index (χ0) is 15.5. The molecule has 3 rings (SSSR count). The molecule has 2 aliphatic heterocycles. The molecule has 0 spiro atoms. The van der Waals surface area contributed by atoms with E-state index < -0.39 is 5.41 Å². The highest BCUT2D eigenvalue weighted by Gasteiger charge is 2.45. The molecular formula is C16H25N3O2S. The lowest BCUT2D eigenvalue weighted by molar-refractivity contribution is -0.128. The minimum absolute atomic E-state index is 0.0444. The Morgan fingerprint density at radius 1 is 1.27 bits per heavy atom. The first kappa shape index (κ1) is 16.1. The molecule has 0 aromatic rings. The molecule has 0 unspecified atom stereocenters. The van der Waals surface area contributed by atoms with E-state index in [0.717, 1.165) is 57.1 Å². The number of hydrogen-bond acceptors (Lipinski definition) is 5. The molecule has 2 saturated heterocycles. The second-order valence-corrected chi connectivity index (χ2v) is 7.82. The average Bonchev–Trinajstić information content (AvgIpc) is 3.24. The van der Waals surface area contributed by atoms with E-state index in [2.05, 4.69) is 16.3 Å². The molecule has 0 bridgehead atoms. The van der Waals surface area contributed by atoms with Crippen LogP contribution in [0.1, 0.15) is 32.1 Å². The van der Waals surface area contributed by atoms with Gasteiger partial charge >= 0.3 is 0 Å². The summed E-state index contributed by atoms with van der Waals surface area (Å²) < 4.78 is 5.47. The third-order valence-corrected chi connectivity index (χ3v) is 6.68. The van der Waals surface area contributed by atoms with E-state index in [0.29, 0.717) is 19.4 Å². The molecule has 1 aliphatic carbocycles. The summed E-state index contributed by atoms with van der Waals surface area (Å²) in [7, 11) is 0. The Balaban J connectivity index is 1.64. The Morgan fingerprint density at radius 2 is 2.00 bits per heavy atom. The smallest absolute Gasteiger partial charge is 0.240 e. The van der Waals surface area contributed by atoms with Crippen LogP contribution in [0.25, 0.3) is 0 Å². The van der Waals surface area contributed by atoms with Crippen LogP contribution in [0.15, 0.2) is 0 Å². The van der Waals surface area contributed by atoms with E-state index in [4.69, 9.17) is 4.74 Å². The highest BCUT2D eigenvalue weighted by Crippen LogP contribution is 2.38. The topological polar surface area (TPSA) is 65.4 Å². The number of amides is 1. The van der Waals surface area contributed by atoms with Gasteiger partial charge in [-0.05, 0) is 25.0 Å². The van der Waals surface area contributed by atoms with Gasteiger partial charge < -0.3 is 10.1 Å². The fraction of sp³-hybridized carbons (Fsp3) is 0.875. The number of rotatable bonds is 4. The van der Waals surface area contributed by atoms with Crippen LogP contribution in [0, 0.1) is 16.7 Å². The van der Waals surface area contributed by atoms with Gasteiger partial charge in [-0.1, -0.05) is 12.8 Å². The maximum Gasteiger partial charge on any atom is 0.240 e. The normalized spacial score (nSPS) is 31.8. The third kappa shape index (κ3) is 2.99. The lowest BCUT2D eigenvalue weighted by Gasteiger charge is -2.43. The molecule has 0 radical (unpaired) electrons. The van der Waals surface area contributed by atoms with Crippen LogP contribution in [0.5, 0.6) is 0 Å².